The van der Waals surface area contributed by atoms with Crippen LogP contribution < -0.4 is 15.5 Å². The van der Waals surface area contributed by atoms with Crippen molar-refractivity contribution >= 4 is 34.5 Å². The van der Waals surface area contributed by atoms with Crippen LogP contribution >= 0.6 is 0 Å². The van der Waals surface area contributed by atoms with E-state index in [0.717, 1.165) is 55.4 Å². The van der Waals surface area contributed by atoms with E-state index in [9.17, 15) is 9.59 Å². The Morgan fingerprint density at radius 1 is 1.14 bits per heavy atom. The molecule has 0 aliphatic heterocycles. The van der Waals surface area contributed by atoms with Crippen LogP contribution in [-0.2, 0) is 11.3 Å². The van der Waals surface area contributed by atoms with E-state index in [2.05, 4.69) is 16.7 Å². The van der Waals surface area contributed by atoms with Gasteiger partial charge in [0.25, 0.3) is 5.91 Å². The largest absolute Gasteiger partial charge is 0.320 e. The summed E-state index contributed by atoms with van der Waals surface area (Å²) < 4.78 is 2.00. The second-order valence-corrected chi connectivity index (χ2v) is 9.09. The van der Waals surface area contributed by atoms with E-state index in [1.165, 1.54) is 6.42 Å². The lowest BCUT2D eigenvalue weighted by Crippen LogP contribution is -2.33. The molecule has 2 N–H and O–H groups in total. The van der Waals surface area contributed by atoms with Crippen molar-refractivity contribution in [3.63, 3.8) is 0 Å². The van der Waals surface area contributed by atoms with Crippen LogP contribution in [0.15, 0.2) is 42.5 Å². The Morgan fingerprint density at radius 3 is 2.57 bits per heavy atom. The van der Waals surface area contributed by atoms with Gasteiger partial charge in [-0.15, -0.1) is 0 Å². The molecule has 0 saturated heterocycles. The van der Waals surface area contributed by atoms with Crippen LogP contribution in [0.1, 0.15) is 54.4 Å². The van der Waals surface area contributed by atoms with E-state index in [1.807, 2.05) is 36.9 Å². The molecule has 1 heterocycles. The second-order valence-electron chi connectivity index (χ2n) is 9.09. The third kappa shape index (κ3) is 5.52. The molecule has 4 rings (SSSR count). The van der Waals surface area contributed by atoms with Crippen molar-refractivity contribution in [2.75, 3.05) is 30.9 Å². The van der Waals surface area contributed by atoms with Crippen LogP contribution in [0.2, 0.25) is 0 Å². The van der Waals surface area contributed by atoms with Crippen molar-refractivity contribution in [3.05, 3.63) is 53.6 Å². The average molecular weight is 473 g/mol. The van der Waals surface area contributed by atoms with Gasteiger partial charge in [-0.2, -0.15) is 5.26 Å². The van der Waals surface area contributed by atoms with Gasteiger partial charge >= 0.3 is 0 Å². The fraction of sp³-hybridized carbons (Fsp3) is 0.407. The summed E-state index contributed by atoms with van der Waals surface area (Å²) in [5, 5.41) is 15.1. The first-order valence-electron chi connectivity index (χ1n) is 12.3. The summed E-state index contributed by atoms with van der Waals surface area (Å²) in [6.07, 6.45) is 6.21. The number of hydrogen-bond acceptors (Lipinski definition) is 5. The number of carbonyl (C=O) groups is 2. The van der Waals surface area contributed by atoms with Gasteiger partial charge < -0.3 is 14.8 Å². The molecule has 1 aliphatic carbocycles. The highest BCUT2D eigenvalue weighted by Crippen LogP contribution is 2.29. The Hall–Kier alpha value is -3.70. The van der Waals surface area contributed by atoms with Crippen LogP contribution in [0.25, 0.3) is 11.0 Å². The van der Waals surface area contributed by atoms with Gasteiger partial charge in [0.05, 0.1) is 22.7 Å². The molecular weight excluding hydrogens is 440 g/mol. The number of nitrogens with one attached hydrogen (secondary N) is 2. The summed E-state index contributed by atoms with van der Waals surface area (Å²) in [5.74, 6) is 0.422. The Morgan fingerprint density at radius 2 is 1.89 bits per heavy atom. The van der Waals surface area contributed by atoms with Gasteiger partial charge in [0.15, 0.2) is 0 Å². The molecular formula is C27H32N6O2. The van der Waals surface area contributed by atoms with Crippen LogP contribution in [0.4, 0.5) is 11.6 Å². The van der Waals surface area contributed by atoms with Gasteiger partial charge in [0.2, 0.25) is 11.9 Å². The SMILES string of the molecule is CNCCCn1c(NC(=O)c2ccc(C#N)cc2)nc2cc(N(C)C(=O)C3CCCCC3)ccc21. The van der Waals surface area contributed by atoms with E-state index in [0.29, 0.717) is 23.6 Å². The first-order chi connectivity index (χ1) is 17.0. The molecule has 1 aliphatic rings. The number of aromatic nitrogens is 2. The number of aryl methyl sites for hydroxylation is 1. The normalized spacial score (nSPS) is 14.0. The number of nitrogens with zero attached hydrogens (tertiary/aromatic N) is 4. The van der Waals surface area contributed by atoms with E-state index < -0.39 is 0 Å². The zero-order chi connectivity index (χ0) is 24.8. The van der Waals surface area contributed by atoms with E-state index >= 15 is 0 Å². The Labute approximate surface area is 205 Å². The number of nitriles is 1. The van der Waals surface area contributed by atoms with Gasteiger partial charge in [-0.1, -0.05) is 19.3 Å². The number of imidazole rings is 1. The minimum absolute atomic E-state index is 0.0887. The number of hydrogen-bond donors (Lipinski definition) is 2. The van der Waals surface area contributed by atoms with Gasteiger partial charge in [-0.05, 0) is 75.3 Å². The van der Waals surface area contributed by atoms with Crippen molar-refractivity contribution in [2.24, 2.45) is 5.92 Å². The zero-order valence-corrected chi connectivity index (χ0v) is 20.4. The number of benzene rings is 2. The van der Waals surface area contributed by atoms with E-state index in [1.54, 1.807) is 29.2 Å². The van der Waals surface area contributed by atoms with E-state index in [4.69, 9.17) is 10.2 Å². The van der Waals surface area contributed by atoms with E-state index in [-0.39, 0.29) is 17.7 Å². The molecule has 0 atom stereocenters. The fourth-order valence-electron chi connectivity index (χ4n) is 4.68. The molecule has 2 aromatic carbocycles. The van der Waals surface area contributed by atoms with Crippen molar-refractivity contribution in [1.82, 2.24) is 14.9 Å². The number of fused-ring (bicyclic) bond motifs is 1. The van der Waals surface area contributed by atoms with Crippen LogP contribution in [0.3, 0.4) is 0 Å². The van der Waals surface area contributed by atoms with Gasteiger partial charge in [0.1, 0.15) is 0 Å². The lowest BCUT2D eigenvalue weighted by atomic mass is 9.88. The second kappa shape index (κ2) is 11.2. The molecule has 3 aromatic rings. The minimum Gasteiger partial charge on any atom is -0.320 e. The summed E-state index contributed by atoms with van der Waals surface area (Å²) in [7, 11) is 3.74. The number of carbonyl (C=O) groups excluding carboxylic acids is 2. The molecule has 35 heavy (non-hydrogen) atoms. The Bertz CT molecular complexity index is 1240. The van der Waals surface area contributed by atoms with Crippen molar-refractivity contribution in [2.45, 2.75) is 45.1 Å². The summed E-state index contributed by atoms with van der Waals surface area (Å²) in [4.78, 5) is 32.4. The third-order valence-corrected chi connectivity index (χ3v) is 6.71. The van der Waals surface area contributed by atoms with Gasteiger partial charge in [-0.3, -0.25) is 14.9 Å². The average Bonchev–Trinajstić information content (AvgIpc) is 3.24. The molecule has 8 heteroatoms. The zero-order valence-electron chi connectivity index (χ0n) is 20.4. The lowest BCUT2D eigenvalue weighted by molar-refractivity contribution is -0.123. The Balaban J connectivity index is 1.61. The first-order valence-corrected chi connectivity index (χ1v) is 12.3. The maximum absolute atomic E-state index is 13.0. The molecule has 0 unspecified atom stereocenters. The van der Waals surface area contributed by atoms with Gasteiger partial charge in [0, 0.05) is 30.8 Å². The molecule has 0 bridgehead atoms. The summed E-state index contributed by atoms with van der Waals surface area (Å²) in [6, 6.07) is 14.4. The minimum atomic E-state index is -0.288. The van der Waals surface area contributed by atoms with Crippen molar-refractivity contribution in [1.29, 1.82) is 5.26 Å². The molecule has 8 nitrogen and oxygen atoms in total. The molecule has 1 aromatic heterocycles. The quantitative estimate of drug-likeness (QED) is 0.476. The number of anilines is 2. The topological polar surface area (TPSA) is 103 Å². The lowest BCUT2D eigenvalue weighted by Gasteiger charge is -2.26. The third-order valence-electron chi connectivity index (χ3n) is 6.71. The Kier molecular flexibility index (Phi) is 7.78. The molecule has 2 amide bonds. The maximum Gasteiger partial charge on any atom is 0.257 e. The van der Waals surface area contributed by atoms with Gasteiger partial charge in [-0.25, -0.2) is 4.98 Å². The summed E-state index contributed by atoms with van der Waals surface area (Å²) >= 11 is 0. The molecule has 1 saturated carbocycles. The van der Waals surface area contributed by atoms with Crippen molar-refractivity contribution in [3.8, 4) is 6.07 Å². The monoisotopic (exact) mass is 472 g/mol. The predicted octanol–water partition coefficient (Wildman–Crippen LogP) is 4.31. The maximum atomic E-state index is 13.0. The smallest absolute Gasteiger partial charge is 0.257 e. The molecule has 0 radical (unpaired) electrons. The highest BCUT2D eigenvalue weighted by atomic mass is 16.2. The van der Waals surface area contributed by atoms with Crippen LogP contribution in [0.5, 0.6) is 0 Å². The molecule has 0 spiro atoms. The fourth-order valence-corrected chi connectivity index (χ4v) is 4.68. The predicted molar refractivity (Wildman–Crippen MR) is 137 cm³/mol. The van der Waals surface area contributed by atoms with Crippen molar-refractivity contribution < 1.29 is 9.59 Å². The molecule has 182 valence electrons. The van der Waals surface area contributed by atoms with Crippen LogP contribution in [-0.4, -0.2) is 42.0 Å². The summed E-state index contributed by atoms with van der Waals surface area (Å²) in [5.41, 5.74) is 3.39. The number of rotatable bonds is 8. The highest BCUT2D eigenvalue weighted by molar-refractivity contribution is 6.04. The highest BCUT2D eigenvalue weighted by Gasteiger charge is 2.25. The first kappa shape index (κ1) is 24.4. The molecule has 1 fully saturated rings. The van der Waals surface area contributed by atoms with Crippen LogP contribution in [0, 0.1) is 17.2 Å². The standard InChI is InChI=1S/C27H32N6O2/c1-29-15-6-16-33-24-14-13-22(32(2)26(35)21-7-4-3-5-8-21)17-23(24)30-27(33)31-25(34)20-11-9-19(18-28)10-12-20/h9-14,17,21,29H,3-8,15-16H2,1-2H3,(H,30,31,34). The summed E-state index contributed by atoms with van der Waals surface area (Å²) in [6.45, 7) is 1.51. The number of amides is 2.